The van der Waals surface area contributed by atoms with Crippen LogP contribution in [0.2, 0.25) is 0 Å². The lowest BCUT2D eigenvalue weighted by Gasteiger charge is -2.24. The number of aliphatic hydroxyl groups is 1. The predicted octanol–water partition coefficient (Wildman–Crippen LogP) is 3.32. The van der Waals surface area contributed by atoms with Crippen LogP contribution in [0.3, 0.4) is 0 Å². The van der Waals surface area contributed by atoms with Crippen molar-refractivity contribution in [3.63, 3.8) is 0 Å². The third-order valence-electron chi connectivity index (χ3n) is 3.73. The molecule has 1 aromatic carbocycles. The molecule has 0 aliphatic carbocycles. The molecule has 1 N–H and O–H groups in total. The van der Waals surface area contributed by atoms with E-state index >= 15 is 0 Å². The van der Waals surface area contributed by atoms with Gasteiger partial charge in [0, 0.05) is 19.7 Å². The van der Waals surface area contributed by atoms with E-state index in [1.807, 2.05) is 30.3 Å². The molecule has 0 radical (unpaired) electrons. The summed E-state index contributed by atoms with van der Waals surface area (Å²) in [5, 5.41) is 10.3. The number of aliphatic hydroxyl groups excluding tert-OH is 1. The number of ether oxygens (including phenoxy) is 2. The molecule has 0 fully saturated rings. The zero-order valence-electron chi connectivity index (χ0n) is 15.4. The summed E-state index contributed by atoms with van der Waals surface area (Å²) in [6.45, 7) is 7.02. The summed E-state index contributed by atoms with van der Waals surface area (Å²) in [5.41, 5.74) is 1.13. The van der Waals surface area contributed by atoms with Crippen molar-refractivity contribution in [2.75, 3.05) is 26.9 Å². The Labute approximate surface area is 150 Å². The molecule has 1 heterocycles. The van der Waals surface area contributed by atoms with E-state index in [-0.39, 0.29) is 0 Å². The Morgan fingerprint density at radius 3 is 2.64 bits per heavy atom. The number of benzene rings is 1. The Balaban J connectivity index is 1.96. The number of hydrogen-bond donors (Lipinski definition) is 1. The van der Waals surface area contributed by atoms with Crippen molar-refractivity contribution in [3.8, 4) is 5.75 Å². The van der Waals surface area contributed by atoms with Crippen LogP contribution in [0.1, 0.15) is 25.2 Å². The van der Waals surface area contributed by atoms with Crippen LogP contribution < -0.4 is 4.74 Å². The SMILES string of the molecule is COc1cccc(CN(Cc2ccco2)C[C@@H](O)COCC(C)C)c1. The lowest BCUT2D eigenvalue weighted by atomic mass is 10.2. The van der Waals surface area contributed by atoms with E-state index < -0.39 is 6.10 Å². The number of furan rings is 1. The Bertz CT molecular complexity index is 598. The maximum absolute atomic E-state index is 10.3. The average Bonchev–Trinajstić information content (AvgIpc) is 3.07. The highest BCUT2D eigenvalue weighted by Gasteiger charge is 2.15. The Morgan fingerprint density at radius 1 is 1.12 bits per heavy atom. The fraction of sp³-hybridized carbons (Fsp3) is 0.500. The highest BCUT2D eigenvalue weighted by atomic mass is 16.5. The van der Waals surface area contributed by atoms with Crippen LogP contribution in [-0.2, 0) is 17.8 Å². The van der Waals surface area contributed by atoms with Gasteiger partial charge < -0.3 is 19.0 Å². The quantitative estimate of drug-likeness (QED) is 0.676. The van der Waals surface area contributed by atoms with Crippen molar-refractivity contribution in [1.29, 1.82) is 0 Å². The predicted molar refractivity (Wildman–Crippen MR) is 97.5 cm³/mol. The van der Waals surface area contributed by atoms with Crippen molar-refractivity contribution in [2.24, 2.45) is 5.92 Å². The number of nitrogens with zero attached hydrogens (tertiary/aromatic N) is 1. The normalized spacial score (nSPS) is 12.7. The lowest BCUT2D eigenvalue weighted by molar-refractivity contribution is 0.00460. The smallest absolute Gasteiger partial charge is 0.119 e. The van der Waals surface area contributed by atoms with Gasteiger partial charge in [0.1, 0.15) is 11.5 Å². The van der Waals surface area contributed by atoms with Crippen molar-refractivity contribution < 1.29 is 19.0 Å². The summed E-state index contributed by atoms with van der Waals surface area (Å²) >= 11 is 0. The molecule has 0 aliphatic rings. The van der Waals surface area contributed by atoms with Crippen LogP contribution in [0.25, 0.3) is 0 Å². The fourth-order valence-corrected chi connectivity index (χ4v) is 2.63. The minimum Gasteiger partial charge on any atom is -0.497 e. The molecular formula is C20H29NO4. The summed E-state index contributed by atoms with van der Waals surface area (Å²) in [6, 6.07) is 11.8. The third kappa shape index (κ3) is 7.30. The van der Waals surface area contributed by atoms with Gasteiger partial charge in [-0.2, -0.15) is 0 Å². The third-order valence-corrected chi connectivity index (χ3v) is 3.73. The van der Waals surface area contributed by atoms with Gasteiger partial charge in [0.2, 0.25) is 0 Å². The number of rotatable bonds is 11. The van der Waals surface area contributed by atoms with E-state index in [1.165, 1.54) is 0 Å². The molecule has 0 saturated carbocycles. The number of hydrogen-bond acceptors (Lipinski definition) is 5. The molecule has 5 heteroatoms. The van der Waals surface area contributed by atoms with Crippen molar-refractivity contribution >= 4 is 0 Å². The molecule has 0 aliphatic heterocycles. The molecular weight excluding hydrogens is 318 g/mol. The minimum absolute atomic E-state index is 0.338. The van der Waals surface area contributed by atoms with Gasteiger partial charge in [-0.1, -0.05) is 26.0 Å². The summed E-state index contributed by atoms with van der Waals surface area (Å²) in [6.07, 6.45) is 1.13. The van der Waals surface area contributed by atoms with Crippen LogP contribution in [0.4, 0.5) is 0 Å². The van der Waals surface area contributed by atoms with Crippen LogP contribution >= 0.6 is 0 Å². The van der Waals surface area contributed by atoms with Crippen molar-refractivity contribution in [2.45, 2.75) is 33.0 Å². The average molecular weight is 347 g/mol. The van der Waals surface area contributed by atoms with Crippen LogP contribution in [0, 0.1) is 5.92 Å². The van der Waals surface area contributed by atoms with E-state index in [2.05, 4.69) is 24.8 Å². The molecule has 0 amide bonds. The second-order valence-corrected chi connectivity index (χ2v) is 6.69. The molecule has 1 atom stereocenters. The van der Waals surface area contributed by atoms with Gasteiger partial charge in [0.15, 0.2) is 0 Å². The van der Waals surface area contributed by atoms with E-state index in [4.69, 9.17) is 13.9 Å². The molecule has 25 heavy (non-hydrogen) atoms. The Hall–Kier alpha value is -1.82. The van der Waals surface area contributed by atoms with Crippen LogP contribution in [0.5, 0.6) is 5.75 Å². The van der Waals surface area contributed by atoms with Gasteiger partial charge in [-0.15, -0.1) is 0 Å². The molecule has 138 valence electrons. The van der Waals surface area contributed by atoms with Gasteiger partial charge in [0.25, 0.3) is 0 Å². The summed E-state index contributed by atoms with van der Waals surface area (Å²) < 4.78 is 16.3. The molecule has 2 aromatic rings. The standard InChI is InChI=1S/C20H29NO4/c1-16(2)14-24-15-18(22)12-21(13-20-8-5-9-25-20)11-17-6-4-7-19(10-17)23-3/h4-10,16,18,22H,11-15H2,1-3H3/t18-/m1/s1. The Morgan fingerprint density at radius 2 is 1.96 bits per heavy atom. The van der Waals surface area contributed by atoms with Gasteiger partial charge in [-0.3, -0.25) is 4.90 Å². The molecule has 0 unspecified atom stereocenters. The van der Waals surface area contributed by atoms with Gasteiger partial charge in [-0.05, 0) is 35.7 Å². The second-order valence-electron chi connectivity index (χ2n) is 6.69. The highest BCUT2D eigenvalue weighted by molar-refractivity contribution is 5.28. The largest absolute Gasteiger partial charge is 0.497 e. The molecule has 2 rings (SSSR count). The first-order chi connectivity index (χ1) is 12.1. The molecule has 5 nitrogen and oxygen atoms in total. The maximum atomic E-state index is 10.3. The van der Waals surface area contributed by atoms with Crippen LogP contribution in [0.15, 0.2) is 47.1 Å². The van der Waals surface area contributed by atoms with Crippen molar-refractivity contribution in [1.82, 2.24) is 4.90 Å². The van der Waals surface area contributed by atoms with E-state index in [1.54, 1.807) is 13.4 Å². The number of methoxy groups -OCH3 is 1. The monoisotopic (exact) mass is 347 g/mol. The summed E-state index contributed by atoms with van der Waals surface area (Å²) in [4.78, 5) is 2.15. The van der Waals surface area contributed by atoms with Gasteiger partial charge in [-0.25, -0.2) is 0 Å². The van der Waals surface area contributed by atoms with Gasteiger partial charge >= 0.3 is 0 Å². The first-order valence-corrected chi connectivity index (χ1v) is 8.70. The Kier molecular flexibility index (Phi) is 7.98. The second kappa shape index (κ2) is 10.2. The van der Waals surface area contributed by atoms with E-state index in [0.717, 1.165) is 17.1 Å². The first kappa shape index (κ1) is 19.5. The summed E-state index contributed by atoms with van der Waals surface area (Å²) in [7, 11) is 1.66. The maximum Gasteiger partial charge on any atom is 0.119 e. The zero-order valence-corrected chi connectivity index (χ0v) is 15.4. The zero-order chi connectivity index (χ0) is 18.1. The molecule has 0 bridgehead atoms. The molecule has 1 aromatic heterocycles. The highest BCUT2D eigenvalue weighted by Crippen LogP contribution is 2.16. The minimum atomic E-state index is -0.542. The first-order valence-electron chi connectivity index (χ1n) is 8.70. The fourth-order valence-electron chi connectivity index (χ4n) is 2.63. The summed E-state index contributed by atoms with van der Waals surface area (Å²) in [5.74, 6) is 2.16. The van der Waals surface area contributed by atoms with Gasteiger partial charge in [0.05, 0.1) is 32.6 Å². The van der Waals surface area contributed by atoms with Crippen LogP contribution in [-0.4, -0.2) is 43.0 Å². The molecule has 0 spiro atoms. The van der Waals surface area contributed by atoms with E-state index in [0.29, 0.717) is 38.8 Å². The lowest BCUT2D eigenvalue weighted by Crippen LogP contribution is -2.34. The van der Waals surface area contributed by atoms with E-state index in [9.17, 15) is 5.11 Å². The topological polar surface area (TPSA) is 55.1 Å². The van der Waals surface area contributed by atoms with Crippen molar-refractivity contribution in [3.05, 3.63) is 54.0 Å². The molecule has 0 saturated heterocycles.